The average molecular weight is 261 g/mol. The van der Waals surface area contributed by atoms with Crippen LogP contribution in [0, 0.1) is 0 Å². The summed E-state index contributed by atoms with van der Waals surface area (Å²) in [5.74, 6) is 0.346. The van der Waals surface area contributed by atoms with E-state index >= 15 is 0 Å². The molecular weight excluding hydrogens is 246 g/mol. The summed E-state index contributed by atoms with van der Waals surface area (Å²) in [5, 5.41) is 23.1. The lowest BCUT2D eigenvalue weighted by Crippen LogP contribution is -2.06. The lowest BCUT2D eigenvalue weighted by Gasteiger charge is -2.12. The zero-order valence-corrected chi connectivity index (χ0v) is 11.0. The second-order valence-corrected chi connectivity index (χ2v) is 5.54. The summed E-state index contributed by atoms with van der Waals surface area (Å²) < 4.78 is 0. The van der Waals surface area contributed by atoms with Crippen LogP contribution in [0.4, 0.5) is 5.13 Å². The Morgan fingerprint density at radius 2 is 2.33 bits per heavy atom. The molecule has 0 spiro atoms. The van der Waals surface area contributed by atoms with E-state index in [-0.39, 0.29) is 0 Å². The first-order valence-electron chi connectivity index (χ1n) is 6.17. The summed E-state index contributed by atoms with van der Waals surface area (Å²) >= 11 is 1.61. The van der Waals surface area contributed by atoms with Crippen LogP contribution in [0.1, 0.15) is 35.5 Å². The number of nitrogens with one attached hydrogen (secondary N) is 1. The molecule has 1 heterocycles. The van der Waals surface area contributed by atoms with E-state index in [1.165, 1.54) is 11.1 Å². The fraction of sp³-hybridized carbons (Fsp3) is 0.385. The topological polar surface area (TPSA) is 58.0 Å². The van der Waals surface area contributed by atoms with E-state index in [1.807, 2.05) is 12.1 Å². The predicted octanol–water partition coefficient (Wildman–Crippen LogP) is 2.91. The van der Waals surface area contributed by atoms with Crippen molar-refractivity contribution in [3.05, 3.63) is 34.3 Å². The molecule has 0 bridgehead atoms. The molecule has 0 radical (unpaired) electrons. The molecule has 0 saturated heterocycles. The number of anilines is 1. The molecule has 0 fully saturated rings. The van der Waals surface area contributed by atoms with Crippen LogP contribution in [-0.2, 0) is 12.8 Å². The smallest absolute Gasteiger partial charge is 0.206 e. The van der Waals surface area contributed by atoms with Crippen molar-refractivity contribution in [1.29, 1.82) is 0 Å². The number of fused-ring (bicyclic) bond motifs is 1. The number of aromatic nitrogens is 2. The van der Waals surface area contributed by atoms with Gasteiger partial charge in [0.25, 0.3) is 0 Å². The van der Waals surface area contributed by atoms with Crippen molar-refractivity contribution in [3.8, 4) is 5.75 Å². The number of phenols is 1. The fourth-order valence-corrected chi connectivity index (χ4v) is 3.09. The van der Waals surface area contributed by atoms with E-state index in [9.17, 15) is 5.11 Å². The summed E-state index contributed by atoms with van der Waals surface area (Å²) in [4.78, 5) is 0. The van der Waals surface area contributed by atoms with E-state index in [0.29, 0.717) is 11.8 Å². The molecule has 0 saturated carbocycles. The molecule has 1 unspecified atom stereocenters. The first kappa shape index (κ1) is 11.5. The predicted molar refractivity (Wildman–Crippen MR) is 72.1 cm³/mol. The molecule has 2 N–H and O–H groups in total. The molecule has 1 atom stereocenters. The van der Waals surface area contributed by atoms with Gasteiger partial charge in [0.05, 0.1) is 6.04 Å². The van der Waals surface area contributed by atoms with Crippen LogP contribution in [-0.4, -0.2) is 15.3 Å². The number of hydrogen-bond donors (Lipinski definition) is 2. The molecule has 1 aliphatic carbocycles. The van der Waals surface area contributed by atoms with Gasteiger partial charge in [0.2, 0.25) is 5.13 Å². The van der Waals surface area contributed by atoms with Crippen LogP contribution in [0.25, 0.3) is 0 Å². The van der Waals surface area contributed by atoms with Crippen molar-refractivity contribution in [2.45, 2.75) is 32.2 Å². The van der Waals surface area contributed by atoms with Gasteiger partial charge >= 0.3 is 0 Å². The Balaban J connectivity index is 1.80. The molecule has 1 aromatic carbocycles. The quantitative estimate of drug-likeness (QED) is 0.892. The Morgan fingerprint density at radius 3 is 3.11 bits per heavy atom. The monoisotopic (exact) mass is 261 g/mol. The van der Waals surface area contributed by atoms with E-state index in [2.05, 4.69) is 22.4 Å². The summed E-state index contributed by atoms with van der Waals surface area (Å²) in [7, 11) is 0. The van der Waals surface area contributed by atoms with Crippen molar-refractivity contribution in [2.24, 2.45) is 0 Å². The third kappa shape index (κ3) is 2.06. The number of hydrogen-bond acceptors (Lipinski definition) is 5. The molecule has 18 heavy (non-hydrogen) atoms. The van der Waals surface area contributed by atoms with Crippen LogP contribution in [0.15, 0.2) is 18.2 Å². The van der Waals surface area contributed by atoms with Gasteiger partial charge in [-0.1, -0.05) is 24.3 Å². The Labute approximate surface area is 110 Å². The zero-order valence-electron chi connectivity index (χ0n) is 10.2. The van der Waals surface area contributed by atoms with Gasteiger partial charge in [-0.3, -0.25) is 0 Å². The number of nitrogens with zero attached hydrogens (tertiary/aromatic N) is 2. The molecule has 0 aliphatic heterocycles. The molecule has 1 aromatic heterocycles. The van der Waals surface area contributed by atoms with E-state index in [0.717, 1.165) is 29.4 Å². The zero-order chi connectivity index (χ0) is 12.5. The first-order valence-corrected chi connectivity index (χ1v) is 6.98. The summed E-state index contributed by atoms with van der Waals surface area (Å²) in [5.41, 5.74) is 2.49. The van der Waals surface area contributed by atoms with Crippen LogP contribution < -0.4 is 5.32 Å². The van der Waals surface area contributed by atoms with Gasteiger partial charge in [-0.15, -0.1) is 10.2 Å². The van der Waals surface area contributed by atoms with Crippen LogP contribution in [0.3, 0.4) is 0 Å². The lowest BCUT2D eigenvalue weighted by molar-refractivity contribution is 0.474. The summed E-state index contributed by atoms with van der Waals surface area (Å²) in [6, 6.07) is 5.89. The van der Waals surface area contributed by atoms with Gasteiger partial charge < -0.3 is 10.4 Å². The molecule has 5 heteroatoms. The molecule has 2 aromatic rings. The summed E-state index contributed by atoms with van der Waals surface area (Å²) in [6.45, 7) is 2.08. The van der Waals surface area contributed by atoms with E-state index < -0.39 is 0 Å². The second-order valence-electron chi connectivity index (χ2n) is 4.47. The number of benzene rings is 1. The minimum Gasteiger partial charge on any atom is -0.508 e. The van der Waals surface area contributed by atoms with Gasteiger partial charge in [-0.05, 0) is 42.5 Å². The first-order chi connectivity index (χ1) is 8.76. The maximum atomic E-state index is 9.47. The minimum atomic E-state index is 0.290. The highest BCUT2D eigenvalue weighted by Gasteiger charge is 2.23. The van der Waals surface area contributed by atoms with Crippen molar-refractivity contribution < 1.29 is 5.11 Å². The van der Waals surface area contributed by atoms with Gasteiger partial charge in [-0.2, -0.15) is 0 Å². The van der Waals surface area contributed by atoms with Crippen LogP contribution in [0.2, 0.25) is 0 Å². The Hall–Kier alpha value is -1.62. The number of phenolic OH excluding ortho intramolecular Hbond substituents is 1. The van der Waals surface area contributed by atoms with Crippen LogP contribution in [0.5, 0.6) is 5.75 Å². The van der Waals surface area contributed by atoms with Crippen molar-refractivity contribution >= 4 is 16.5 Å². The largest absolute Gasteiger partial charge is 0.508 e. The highest BCUT2D eigenvalue weighted by atomic mass is 32.1. The van der Waals surface area contributed by atoms with E-state index in [1.54, 1.807) is 17.4 Å². The SMILES string of the molecule is CCc1nnc(NC2CCc3cc(O)ccc32)s1. The Morgan fingerprint density at radius 1 is 1.44 bits per heavy atom. The second kappa shape index (κ2) is 4.57. The molecule has 3 rings (SSSR count). The number of aryl methyl sites for hydroxylation is 2. The maximum Gasteiger partial charge on any atom is 0.206 e. The van der Waals surface area contributed by atoms with E-state index in [4.69, 9.17) is 0 Å². The molecule has 0 amide bonds. The third-order valence-electron chi connectivity index (χ3n) is 3.27. The minimum absolute atomic E-state index is 0.290. The van der Waals surface area contributed by atoms with Crippen LogP contribution >= 0.6 is 11.3 Å². The van der Waals surface area contributed by atoms with Gasteiger partial charge in [0.15, 0.2) is 0 Å². The Bertz CT molecular complexity index is 567. The Kier molecular flexibility index (Phi) is 2.91. The lowest BCUT2D eigenvalue weighted by atomic mass is 10.1. The van der Waals surface area contributed by atoms with Crippen molar-refractivity contribution in [2.75, 3.05) is 5.32 Å². The molecular formula is C13H15N3OS. The normalized spacial score (nSPS) is 17.7. The van der Waals surface area contributed by atoms with Gasteiger partial charge in [0, 0.05) is 0 Å². The van der Waals surface area contributed by atoms with Crippen molar-refractivity contribution in [1.82, 2.24) is 10.2 Å². The third-order valence-corrected chi connectivity index (χ3v) is 4.27. The highest BCUT2D eigenvalue weighted by Crippen LogP contribution is 2.36. The van der Waals surface area contributed by atoms with Gasteiger partial charge in [-0.25, -0.2) is 0 Å². The van der Waals surface area contributed by atoms with Crippen molar-refractivity contribution in [3.63, 3.8) is 0 Å². The number of aromatic hydroxyl groups is 1. The average Bonchev–Trinajstić information content (AvgIpc) is 2.97. The van der Waals surface area contributed by atoms with Gasteiger partial charge in [0.1, 0.15) is 10.8 Å². The number of rotatable bonds is 3. The molecule has 1 aliphatic rings. The summed E-state index contributed by atoms with van der Waals surface area (Å²) in [6.07, 6.45) is 2.97. The maximum absolute atomic E-state index is 9.47. The molecule has 94 valence electrons. The fourth-order valence-electron chi connectivity index (χ4n) is 2.36. The molecule has 4 nitrogen and oxygen atoms in total. The highest BCUT2D eigenvalue weighted by molar-refractivity contribution is 7.15. The standard InChI is InChI=1S/C13H15N3OS/c1-2-12-15-16-13(18-12)14-11-6-3-8-7-9(17)4-5-10(8)11/h4-5,7,11,17H,2-3,6H2,1H3,(H,14,16).